The number of halogens is 1. The van der Waals surface area contributed by atoms with Crippen molar-refractivity contribution in [2.45, 2.75) is 6.54 Å². The van der Waals surface area contributed by atoms with Gasteiger partial charge in [-0.1, -0.05) is 17.7 Å². The summed E-state index contributed by atoms with van der Waals surface area (Å²) in [6.45, 7) is 0.472. The van der Waals surface area contributed by atoms with E-state index < -0.39 is 0 Å². The molecule has 23 heavy (non-hydrogen) atoms. The van der Waals surface area contributed by atoms with Crippen molar-refractivity contribution >= 4 is 34.6 Å². The van der Waals surface area contributed by atoms with Crippen LogP contribution in [-0.4, -0.2) is 11.7 Å². The van der Waals surface area contributed by atoms with Crippen LogP contribution in [0.15, 0.2) is 48.7 Å². The number of carbonyl (C=O) groups is 1. The third-order valence-corrected chi connectivity index (χ3v) is 3.86. The first-order valence-corrected chi connectivity index (χ1v) is 7.40. The summed E-state index contributed by atoms with van der Waals surface area (Å²) < 4.78 is 0. The summed E-state index contributed by atoms with van der Waals surface area (Å²) in [5, 5.41) is 13.9. The van der Waals surface area contributed by atoms with Crippen LogP contribution in [-0.2, 0) is 11.3 Å². The van der Waals surface area contributed by atoms with E-state index in [4.69, 9.17) is 22.7 Å². The number of nitrogens with one attached hydrogen (secondary N) is 3. The number of benzene rings is 2. The number of rotatable bonds is 3. The summed E-state index contributed by atoms with van der Waals surface area (Å²) in [5.41, 5.74) is 9.28. The number of carbonyl (C=O) groups excluding carboxylic acids is 1. The molecule has 1 amide bonds. The van der Waals surface area contributed by atoms with Gasteiger partial charge >= 0.3 is 0 Å². The zero-order valence-electron chi connectivity index (χ0n) is 12.2. The molecule has 0 atom stereocenters. The molecule has 0 fully saturated rings. The van der Waals surface area contributed by atoms with Crippen molar-refractivity contribution in [2.75, 3.05) is 5.32 Å². The van der Waals surface area contributed by atoms with Gasteiger partial charge in [0, 0.05) is 29.0 Å². The maximum atomic E-state index is 12.1. The highest BCUT2D eigenvalue weighted by molar-refractivity contribution is 6.31. The second-order valence-corrected chi connectivity index (χ2v) is 5.61. The summed E-state index contributed by atoms with van der Waals surface area (Å²) in [6.07, 6.45) is 1.67. The molecule has 0 saturated heterocycles. The summed E-state index contributed by atoms with van der Waals surface area (Å²) in [7, 11) is 0. The Hall–Kier alpha value is -2.79. The topological polar surface area (TPSA) is 91.0 Å². The van der Waals surface area contributed by atoms with Crippen molar-refractivity contribution in [3.63, 3.8) is 0 Å². The van der Waals surface area contributed by atoms with Crippen molar-refractivity contribution in [2.24, 2.45) is 5.73 Å². The molecule has 0 radical (unpaired) electrons. The Morgan fingerprint density at radius 1 is 1.26 bits per heavy atom. The van der Waals surface area contributed by atoms with Gasteiger partial charge in [0.2, 0.25) is 0 Å². The van der Waals surface area contributed by atoms with Crippen LogP contribution in [0, 0.1) is 5.41 Å². The SMILES string of the molecule is N=C(N)c1ccc(N/C=C2\C(=O)NCc3cc(Cl)ccc32)cc1. The molecule has 3 rings (SSSR count). The van der Waals surface area contributed by atoms with Crippen LogP contribution >= 0.6 is 11.6 Å². The lowest BCUT2D eigenvalue weighted by Gasteiger charge is -2.20. The van der Waals surface area contributed by atoms with Crippen molar-refractivity contribution in [3.8, 4) is 0 Å². The van der Waals surface area contributed by atoms with Gasteiger partial charge in [0.1, 0.15) is 5.84 Å². The Balaban J connectivity index is 1.87. The number of anilines is 1. The quantitative estimate of drug-likeness (QED) is 0.397. The van der Waals surface area contributed by atoms with Crippen molar-refractivity contribution < 1.29 is 4.79 Å². The van der Waals surface area contributed by atoms with Crippen molar-refractivity contribution in [1.29, 1.82) is 5.41 Å². The molecule has 116 valence electrons. The van der Waals surface area contributed by atoms with E-state index in [0.717, 1.165) is 16.8 Å². The molecular formula is C17H15ClN4O. The van der Waals surface area contributed by atoms with Gasteiger partial charge in [-0.2, -0.15) is 0 Å². The van der Waals surface area contributed by atoms with Crippen LogP contribution in [0.3, 0.4) is 0 Å². The first kappa shape index (κ1) is 15.1. The molecule has 0 aliphatic carbocycles. The number of hydrogen-bond donors (Lipinski definition) is 4. The highest BCUT2D eigenvalue weighted by atomic mass is 35.5. The minimum atomic E-state index is -0.132. The van der Waals surface area contributed by atoms with E-state index in [1.54, 1.807) is 36.5 Å². The summed E-state index contributed by atoms with van der Waals surface area (Å²) in [4.78, 5) is 12.1. The summed E-state index contributed by atoms with van der Waals surface area (Å²) in [6, 6.07) is 12.6. The standard InChI is InChI=1S/C17H15ClN4O/c18-12-3-6-14-11(7-12)8-22-17(23)15(14)9-21-13-4-1-10(2-5-13)16(19)20/h1-7,9,21H,8H2,(H3,19,20)(H,22,23)/b15-9-. The number of hydrogen-bond acceptors (Lipinski definition) is 3. The lowest BCUT2D eigenvalue weighted by molar-refractivity contribution is -0.116. The minimum absolute atomic E-state index is 0.0207. The molecule has 1 aliphatic heterocycles. The molecule has 1 heterocycles. The van der Waals surface area contributed by atoms with Gasteiger partial charge in [-0.3, -0.25) is 10.2 Å². The fourth-order valence-electron chi connectivity index (χ4n) is 2.41. The second kappa shape index (κ2) is 6.14. The minimum Gasteiger partial charge on any atom is -0.384 e. The molecule has 0 saturated carbocycles. The highest BCUT2D eigenvalue weighted by Gasteiger charge is 2.20. The van der Waals surface area contributed by atoms with Gasteiger partial charge in [-0.05, 0) is 47.5 Å². The van der Waals surface area contributed by atoms with E-state index in [-0.39, 0.29) is 11.7 Å². The summed E-state index contributed by atoms with van der Waals surface area (Å²) in [5.74, 6) is -0.111. The Morgan fingerprint density at radius 3 is 2.70 bits per heavy atom. The first-order chi connectivity index (χ1) is 11.0. The Labute approximate surface area is 138 Å². The summed E-state index contributed by atoms with van der Waals surface area (Å²) >= 11 is 6.00. The van der Waals surface area contributed by atoms with Crippen LogP contribution in [0.25, 0.3) is 5.57 Å². The predicted molar refractivity (Wildman–Crippen MR) is 92.4 cm³/mol. The van der Waals surface area contributed by atoms with E-state index in [1.165, 1.54) is 0 Å². The van der Waals surface area contributed by atoms with E-state index >= 15 is 0 Å². The van der Waals surface area contributed by atoms with Gasteiger partial charge in [0.25, 0.3) is 5.91 Å². The molecule has 6 heteroatoms. The largest absolute Gasteiger partial charge is 0.384 e. The number of nitrogen functional groups attached to an aromatic ring is 1. The zero-order chi connectivity index (χ0) is 16.4. The van der Waals surface area contributed by atoms with E-state index in [9.17, 15) is 4.79 Å². The Morgan fingerprint density at radius 2 is 2.00 bits per heavy atom. The van der Waals surface area contributed by atoms with Crippen molar-refractivity contribution in [1.82, 2.24) is 5.32 Å². The predicted octanol–water partition coefficient (Wildman–Crippen LogP) is 2.71. The zero-order valence-corrected chi connectivity index (χ0v) is 12.9. The fraction of sp³-hybridized carbons (Fsp3) is 0.0588. The van der Waals surface area contributed by atoms with Crippen LogP contribution in [0.5, 0.6) is 0 Å². The monoisotopic (exact) mass is 326 g/mol. The molecule has 0 aromatic heterocycles. The van der Waals surface area contributed by atoms with Crippen LogP contribution in [0.4, 0.5) is 5.69 Å². The third kappa shape index (κ3) is 3.19. The fourth-order valence-corrected chi connectivity index (χ4v) is 2.60. The molecule has 5 N–H and O–H groups in total. The average Bonchev–Trinajstić information content (AvgIpc) is 2.54. The maximum absolute atomic E-state index is 12.1. The highest BCUT2D eigenvalue weighted by Crippen LogP contribution is 2.26. The number of nitrogens with two attached hydrogens (primary N) is 1. The van der Waals surface area contributed by atoms with E-state index in [0.29, 0.717) is 22.7 Å². The molecule has 0 bridgehead atoms. The average molecular weight is 327 g/mol. The van der Waals surface area contributed by atoms with Gasteiger partial charge in [0.15, 0.2) is 0 Å². The molecule has 2 aromatic carbocycles. The van der Waals surface area contributed by atoms with E-state index in [2.05, 4.69) is 10.6 Å². The number of fused-ring (bicyclic) bond motifs is 1. The molecular weight excluding hydrogens is 312 g/mol. The van der Waals surface area contributed by atoms with Crippen molar-refractivity contribution in [3.05, 3.63) is 70.4 Å². The normalized spacial score (nSPS) is 15.0. The van der Waals surface area contributed by atoms with Crippen LogP contribution in [0.2, 0.25) is 5.02 Å². The molecule has 0 spiro atoms. The number of amidine groups is 1. The van der Waals surface area contributed by atoms with Gasteiger partial charge in [-0.15, -0.1) is 0 Å². The smallest absolute Gasteiger partial charge is 0.253 e. The Kier molecular flexibility index (Phi) is 4.04. The van der Waals surface area contributed by atoms with Crippen LogP contribution in [0.1, 0.15) is 16.7 Å². The molecule has 5 nitrogen and oxygen atoms in total. The molecule has 2 aromatic rings. The molecule has 1 aliphatic rings. The number of amides is 1. The Bertz CT molecular complexity index is 812. The lowest BCUT2D eigenvalue weighted by atomic mass is 9.96. The molecule has 0 unspecified atom stereocenters. The maximum Gasteiger partial charge on any atom is 0.253 e. The second-order valence-electron chi connectivity index (χ2n) is 5.18. The van der Waals surface area contributed by atoms with E-state index in [1.807, 2.05) is 12.1 Å². The van der Waals surface area contributed by atoms with Crippen LogP contribution < -0.4 is 16.4 Å². The lowest BCUT2D eigenvalue weighted by Crippen LogP contribution is -2.29. The first-order valence-electron chi connectivity index (χ1n) is 7.03. The van der Waals surface area contributed by atoms with Gasteiger partial charge < -0.3 is 16.4 Å². The van der Waals surface area contributed by atoms with Gasteiger partial charge in [-0.25, -0.2) is 0 Å². The third-order valence-electron chi connectivity index (χ3n) is 3.62. The van der Waals surface area contributed by atoms with Gasteiger partial charge in [0.05, 0.1) is 5.57 Å².